The molecule has 0 aliphatic heterocycles. The van der Waals surface area contributed by atoms with Crippen LogP contribution in [-0.4, -0.2) is 27.9 Å². The highest BCUT2D eigenvalue weighted by Crippen LogP contribution is 2.24. The largest absolute Gasteiger partial charge is 0.359 e. The lowest BCUT2D eigenvalue weighted by atomic mass is 10.4. The van der Waals surface area contributed by atoms with E-state index in [-0.39, 0.29) is 28.8 Å². The van der Waals surface area contributed by atoms with Crippen LogP contribution in [-0.2, 0) is 14.8 Å². The maximum absolute atomic E-state index is 11.9. The molecule has 1 aromatic rings. The van der Waals surface area contributed by atoms with E-state index in [9.17, 15) is 13.2 Å². The molecule has 0 fully saturated rings. The van der Waals surface area contributed by atoms with E-state index < -0.39 is 10.0 Å². The number of amides is 1. The normalized spacial score (nSPS) is 11.3. The Morgan fingerprint density at radius 1 is 1.44 bits per heavy atom. The quantitative estimate of drug-likeness (QED) is 0.841. The summed E-state index contributed by atoms with van der Waals surface area (Å²) in [6.07, 6.45) is 0.0733. The first-order valence-electron chi connectivity index (χ1n) is 5.02. The van der Waals surface area contributed by atoms with Crippen LogP contribution in [0.25, 0.3) is 0 Å². The van der Waals surface area contributed by atoms with E-state index in [4.69, 9.17) is 11.6 Å². The number of sulfonamides is 1. The van der Waals surface area contributed by atoms with Gasteiger partial charge >= 0.3 is 0 Å². The van der Waals surface area contributed by atoms with Crippen LogP contribution in [0.3, 0.4) is 0 Å². The van der Waals surface area contributed by atoms with Gasteiger partial charge < -0.3 is 5.32 Å². The van der Waals surface area contributed by atoms with E-state index in [0.717, 1.165) is 0 Å². The van der Waals surface area contributed by atoms with Gasteiger partial charge in [0.1, 0.15) is 4.90 Å². The molecule has 100 valence electrons. The first kappa shape index (κ1) is 15.4. The van der Waals surface area contributed by atoms with Gasteiger partial charge in [0.25, 0.3) is 0 Å². The zero-order valence-electron chi connectivity index (χ0n) is 9.54. The highest BCUT2D eigenvalue weighted by Gasteiger charge is 2.17. The maximum Gasteiger partial charge on any atom is 0.242 e. The van der Waals surface area contributed by atoms with Crippen molar-refractivity contribution in [2.45, 2.75) is 11.3 Å². The third kappa shape index (κ3) is 4.24. The predicted octanol–water partition coefficient (Wildman–Crippen LogP) is 1.52. The number of carbonyl (C=O) groups excluding carboxylic acids is 1. The zero-order chi connectivity index (χ0) is 13.8. The molecule has 0 heterocycles. The van der Waals surface area contributed by atoms with Crippen LogP contribution in [0.2, 0.25) is 5.02 Å². The van der Waals surface area contributed by atoms with Crippen LogP contribution in [0.1, 0.15) is 6.42 Å². The molecule has 0 radical (unpaired) electrons. The van der Waals surface area contributed by atoms with Gasteiger partial charge in [0.2, 0.25) is 15.9 Å². The predicted molar refractivity (Wildman–Crippen MR) is 73.0 cm³/mol. The van der Waals surface area contributed by atoms with Gasteiger partial charge in [-0.2, -0.15) is 0 Å². The SMILES string of the molecule is CNC(=O)CCNS(=O)(=O)c1ccc(Br)cc1Cl. The first-order valence-corrected chi connectivity index (χ1v) is 7.67. The minimum atomic E-state index is -3.69. The Labute approximate surface area is 119 Å². The second kappa shape index (κ2) is 6.51. The fourth-order valence-electron chi connectivity index (χ4n) is 1.19. The van der Waals surface area contributed by atoms with Crippen molar-refractivity contribution in [1.82, 2.24) is 10.0 Å². The molecule has 8 heteroatoms. The third-order valence-electron chi connectivity index (χ3n) is 2.11. The fraction of sp³-hybridized carbons (Fsp3) is 0.300. The first-order chi connectivity index (χ1) is 8.36. The molecule has 0 atom stereocenters. The van der Waals surface area contributed by atoms with Crippen molar-refractivity contribution in [3.63, 3.8) is 0 Å². The van der Waals surface area contributed by atoms with Gasteiger partial charge in [-0.3, -0.25) is 4.79 Å². The maximum atomic E-state index is 11.9. The lowest BCUT2D eigenvalue weighted by Gasteiger charge is -2.08. The minimum Gasteiger partial charge on any atom is -0.359 e. The average Bonchev–Trinajstić information content (AvgIpc) is 2.27. The van der Waals surface area contributed by atoms with Crippen molar-refractivity contribution in [3.8, 4) is 0 Å². The summed E-state index contributed by atoms with van der Waals surface area (Å²) in [6.45, 7) is 0.0222. The summed E-state index contributed by atoms with van der Waals surface area (Å²) in [5.74, 6) is -0.236. The molecule has 5 nitrogen and oxygen atoms in total. The third-order valence-corrected chi connectivity index (χ3v) is 4.54. The topological polar surface area (TPSA) is 75.3 Å². The van der Waals surface area contributed by atoms with Gasteiger partial charge in [-0.25, -0.2) is 13.1 Å². The second-order valence-corrected chi connectivity index (χ2v) is 6.45. The number of carbonyl (C=O) groups is 1. The number of hydrogen-bond donors (Lipinski definition) is 2. The standard InChI is InChI=1S/C10H12BrClN2O3S/c1-13-10(15)4-5-14-18(16,17)9-3-2-7(11)6-8(9)12/h2-3,6,14H,4-5H2,1H3,(H,13,15). The van der Waals surface area contributed by atoms with E-state index in [0.29, 0.717) is 4.47 Å². The summed E-state index contributed by atoms with van der Waals surface area (Å²) in [7, 11) is -2.21. The molecule has 0 aliphatic carbocycles. The molecule has 0 saturated heterocycles. The van der Waals surface area contributed by atoms with Crippen molar-refractivity contribution in [3.05, 3.63) is 27.7 Å². The van der Waals surface area contributed by atoms with Gasteiger partial charge in [0, 0.05) is 24.5 Å². The van der Waals surface area contributed by atoms with E-state index in [1.807, 2.05) is 0 Å². The van der Waals surface area contributed by atoms with Gasteiger partial charge in [0.15, 0.2) is 0 Å². The van der Waals surface area contributed by atoms with Gasteiger partial charge in [-0.1, -0.05) is 27.5 Å². The molecule has 0 unspecified atom stereocenters. The molecular formula is C10H12BrClN2O3S. The van der Waals surface area contributed by atoms with Crippen LogP contribution in [0.4, 0.5) is 0 Å². The summed E-state index contributed by atoms with van der Waals surface area (Å²) in [4.78, 5) is 11.0. The molecule has 0 saturated carbocycles. The van der Waals surface area contributed by atoms with Crippen LogP contribution in [0.15, 0.2) is 27.6 Å². The Bertz CT molecular complexity index is 548. The summed E-state index contributed by atoms with van der Waals surface area (Å²) in [6, 6.07) is 4.47. The zero-order valence-corrected chi connectivity index (χ0v) is 12.7. The van der Waals surface area contributed by atoms with Crippen molar-refractivity contribution >= 4 is 43.5 Å². The second-order valence-electron chi connectivity index (χ2n) is 3.40. The molecule has 0 bridgehead atoms. The van der Waals surface area contributed by atoms with Crippen molar-refractivity contribution < 1.29 is 13.2 Å². The van der Waals surface area contributed by atoms with Crippen LogP contribution >= 0.6 is 27.5 Å². The molecule has 1 rings (SSSR count). The van der Waals surface area contributed by atoms with Gasteiger partial charge in [-0.15, -0.1) is 0 Å². The highest BCUT2D eigenvalue weighted by molar-refractivity contribution is 9.10. The summed E-state index contributed by atoms with van der Waals surface area (Å²) >= 11 is 9.05. The minimum absolute atomic E-state index is 0.00993. The highest BCUT2D eigenvalue weighted by atomic mass is 79.9. The number of benzene rings is 1. The van der Waals surface area contributed by atoms with E-state index in [2.05, 4.69) is 26.0 Å². The van der Waals surface area contributed by atoms with Crippen molar-refractivity contribution in [2.75, 3.05) is 13.6 Å². The van der Waals surface area contributed by atoms with E-state index in [1.54, 1.807) is 6.07 Å². The van der Waals surface area contributed by atoms with Gasteiger partial charge in [-0.05, 0) is 18.2 Å². The van der Waals surface area contributed by atoms with Crippen molar-refractivity contribution in [1.29, 1.82) is 0 Å². The fourth-order valence-corrected chi connectivity index (χ4v) is 3.26. The Kier molecular flexibility index (Phi) is 5.58. The van der Waals surface area contributed by atoms with Crippen LogP contribution in [0, 0.1) is 0 Å². The molecule has 0 aromatic heterocycles. The summed E-state index contributed by atoms with van der Waals surface area (Å²) in [5, 5.41) is 2.53. The van der Waals surface area contributed by atoms with Crippen LogP contribution in [0.5, 0.6) is 0 Å². The van der Waals surface area contributed by atoms with Crippen molar-refractivity contribution in [2.24, 2.45) is 0 Å². The average molecular weight is 356 g/mol. The molecule has 0 aliphatic rings. The van der Waals surface area contributed by atoms with Crippen LogP contribution < -0.4 is 10.0 Å². The van der Waals surface area contributed by atoms with E-state index >= 15 is 0 Å². The van der Waals surface area contributed by atoms with E-state index in [1.165, 1.54) is 19.2 Å². The van der Waals surface area contributed by atoms with Gasteiger partial charge in [0.05, 0.1) is 5.02 Å². The molecular weight excluding hydrogens is 344 g/mol. The molecule has 1 amide bonds. The number of nitrogens with one attached hydrogen (secondary N) is 2. The molecule has 0 spiro atoms. The number of hydrogen-bond acceptors (Lipinski definition) is 3. The Balaban J connectivity index is 2.77. The number of rotatable bonds is 5. The summed E-state index contributed by atoms with van der Waals surface area (Å²) in [5.41, 5.74) is 0. The Morgan fingerprint density at radius 3 is 2.67 bits per heavy atom. The Hall–Kier alpha value is -0.630. The molecule has 1 aromatic carbocycles. The smallest absolute Gasteiger partial charge is 0.242 e. The summed E-state index contributed by atoms with van der Waals surface area (Å²) < 4.78 is 26.8. The monoisotopic (exact) mass is 354 g/mol. The lowest BCUT2D eigenvalue weighted by molar-refractivity contribution is -0.120. The number of halogens is 2. The molecule has 18 heavy (non-hydrogen) atoms. The Morgan fingerprint density at radius 2 is 2.11 bits per heavy atom. The molecule has 2 N–H and O–H groups in total. The lowest BCUT2D eigenvalue weighted by Crippen LogP contribution is -2.29.